The van der Waals surface area contributed by atoms with Crippen LogP contribution >= 0.6 is 11.6 Å². The summed E-state index contributed by atoms with van der Waals surface area (Å²) < 4.78 is 13.7. The molecule has 0 aliphatic carbocycles. The van der Waals surface area contributed by atoms with Crippen LogP contribution in [0.25, 0.3) is 11.1 Å². The lowest BCUT2D eigenvalue weighted by Crippen LogP contribution is -2.43. The minimum atomic E-state index is -0.549. The summed E-state index contributed by atoms with van der Waals surface area (Å²) in [5, 5.41) is -0.0599. The monoisotopic (exact) mass is 436 g/mol. The smallest absolute Gasteiger partial charge is 0.232 e. The number of carbonyl (C=O) groups excluding carboxylic acids is 2. The van der Waals surface area contributed by atoms with Gasteiger partial charge >= 0.3 is 0 Å². The van der Waals surface area contributed by atoms with Crippen LogP contribution in [0.3, 0.4) is 0 Å². The highest BCUT2D eigenvalue weighted by atomic mass is 35.5. The normalized spacial score (nSPS) is 13.5. The summed E-state index contributed by atoms with van der Waals surface area (Å²) in [6.45, 7) is 0.727. The molecule has 0 atom stereocenters. The molecule has 1 heterocycles. The zero-order chi connectivity index (χ0) is 21.8. The Labute approximate surface area is 185 Å². The van der Waals surface area contributed by atoms with Gasteiger partial charge in [0.15, 0.2) is 0 Å². The van der Waals surface area contributed by atoms with Crippen molar-refractivity contribution < 1.29 is 14.0 Å². The molecule has 0 saturated carbocycles. The molecule has 6 heteroatoms. The van der Waals surface area contributed by atoms with Gasteiger partial charge in [0.05, 0.1) is 11.4 Å². The van der Waals surface area contributed by atoms with E-state index in [1.165, 1.54) is 23.1 Å². The fourth-order valence-corrected chi connectivity index (χ4v) is 3.87. The van der Waals surface area contributed by atoms with Crippen LogP contribution in [0.5, 0.6) is 0 Å². The molecule has 31 heavy (non-hydrogen) atoms. The minimum Gasteiger partial charge on any atom is -0.324 e. The third kappa shape index (κ3) is 4.94. The molecule has 0 aromatic heterocycles. The zero-order valence-corrected chi connectivity index (χ0v) is 17.7. The van der Waals surface area contributed by atoms with E-state index >= 15 is 0 Å². The second-order valence-corrected chi connectivity index (χ2v) is 7.97. The van der Waals surface area contributed by atoms with E-state index in [2.05, 4.69) is 0 Å². The Hall–Kier alpha value is -3.18. The molecule has 3 aromatic rings. The lowest BCUT2D eigenvalue weighted by Gasteiger charge is -2.28. The number of benzene rings is 3. The number of halogens is 2. The summed E-state index contributed by atoms with van der Waals surface area (Å²) in [5.74, 6) is -0.723. The Morgan fingerprint density at radius 2 is 1.71 bits per heavy atom. The van der Waals surface area contributed by atoms with Crippen molar-refractivity contribution >= 4 is 29.1 Å². The largest absolute Gasteiger partial charge is 0.324 e. The Bertz CT molecular complexity index is 1090. The number of hydrogen-bond acceptors (Lipinski definition) is 2. The van der Waals surface area contributed by atoms with E-state index in [4.69, 9.17) is 11.6 Å². The molecule has 0 spiro atoms. The van der Waals surface area contributed by atoms with Gasteiger partial charge in [-0.15, -0.1) is 0 Å². The summed E-state index contributed by atoms with van der Waals surface area (Å²) in [6, 6.07) is 22.0. The second kappa shape index (κ2) is 9.31. The van der Waals surface area contributed by atoms with E-state index in [0.717, 1.165) is 23.1 Å². The number of amides is 2. The first-order chi connectivity index (χ1) is 15.0. The zero-order valence-electron chi connectivity index (χ0n) is 16.9. The van der Waals surface area contributed by atoms with Crippen molar-refractivity contribution in [3.05, 3.63) is 89.2 Å². The van der Waals surface area contributed by atoms with Crippen LogP contribution in [0.4, 0.5) is 10.1 Å². The molecule has 4 nitrogen and oxygen atoms in total. The maximum Gasteiger partial charge on any atom is 0.232 e. The van der Waals surface area contributed by atoms with E-state index in [0.29, 0.717) is 18.7 Å². The van der Waals surface area contributed by atoms with Gasteiger partial charge in [0.1, 0.15) is 12.5 Å². The molecule has 3 aromatic carbocycles. The Morgan fingerprint density at radius 1 is 1.00 bits per heavy atom. The highest BCUT2D eigenvalue weighted by Crippen LogP contribution is 2.25. The van der Waals surface area contributed by atoms with Gasteiger partial charge in [0.25, 0.3) is 0 Å². The third-order valence-corrected chi connectivity index (χ3v) is 5.71. The topological polar surface area (TPSA) is 40.6 Å². The summed E-state index contributed by atoms with van der Waals surface area (Å²) in [7, 11) is 0. The first kappa shape index (κ1) is 21.1. The lowest BCUT2D eigenvalue weighted by molar-refractivity contribution is -0.128. The van der Waals surface area contributed by atoms with Crippen LogP contribution in [0, 0.1) is 5.82 Å². The van der Waals surface area contributed by atoms with Crippen LogP contribution in [0.2, 0.25) is 5.02 Å². The van der Waals surface area contributed by atoms with Gasteiger partial charge in [-0.2, -0.15) is 0 Å². The fraction of sp³-hybridized carbons (Fsp3) is 0.200. The number of anilines is 1. The molecule has 0 unspecified atom stereocenters. The molecule has 0 N–H and O–H groups in total. The van der Waals surface area contributed by atoms with Crippen LogP contribution in [0.15, 0.2) is 72.8 Å². The number of likely N-dealkylation sites (tertiary alicyclic amines) is 1. The van der Waals surface area contributed by atoms with Gasteiger partial charge in [-0.3, -0.25) is 14.5 Å². The number of carbonyl (C=O) groups is 2. The quantitative estimate of drug-likeness (QED) is 0.526. The predicted octanol–water partition coefficient (Wildman–Crippen LogP) is 5.30. The highest BCUT2D eigenvalue weighted by Gasteiger charge is 2.26. The molecule has 4 rings (SSSR count). The van der Waals surface area contributed by atoms with E-state index < -0.39 is 5.82 Å². The molecule has 1 aliphatic heterocycles. The lowest BCUT2D eigenvalue weighted by atomic mass is 10.0. The first-order valence-corrected chi connectivity index (χ1v) is 10.6. The van der Waals surface area contributed by atoms with Crippen molar-refractivity contribution in [2.45, 2.75) is 19.3 Å². The van der Waals surface area contributed by atoms with Crippen LogP contribution < -0.4 is 4.90 Å². The molecule has 158 valence electrons. The fourth-order valence-electron chi connectivity index (χ4n) is 3.70. The van der Waals surface area contributed by atoms with Crippen LogP contribution in [-0.2, 0) is 16.0 Å². The molecular weight excluding hydrogens is 415 g/mol. The van der Waals surface area contributed by atoms with Gasteiger partial charge in [0.2, 0.25) is 11.8 Å². The standard InChI is InChI=1S/C25H22ClFN2O2/c26-22-16-21(12-13-23(22)27)29(17-28-14-4-7-24(28)30)25(31)15-18-8-10-20(11-9-18)19-5-2-1-3-6-19/h1-3,5-6,8-13,16H,4,7,14-15,17H2. The Kier molecular flexibility index (Phi) is 6.33. The third-order valence-electron chi connectivity index (χ3n) is 5.42. The van der Waals surface area contributed by atoms with Crippen molar-refractivity contribution in [3.8, 4) is 11.1 Å². The number of nitrogens with zero attached hydrogens (tertiary/aromatic N) is 2. The molecule has 0 radical (unpaired) electrons. The highest BCUT2D eigenvalue weighted by molar-refractivity contribution is 6.31. The van der Waals surface area contributed by atoms with E-state index in [9.17, 15) is 14.0 Å². The second-order valence-electron chi connectivity index (χ2n) is 7.56. The average molecular weight is 437 g/mol. The van der Waals surface area contributed by atoms with Crippen molar-refractivity contribution in [1.29, 1.82) is 0 Å². The van der Waals surface area contributed by atoms with Crippen molar-refractivity contribution in [1.82, 2.24) is 4.90 Å². The van der Waals surface area contributed by atoms with E-state index in [1.54, 1.807) is 4.90 Å². The van der Waals surface area contributed by atoms with E-state index in [-0.39, 0.29) is 29.9 Å². The predicted molar refractivity (Wildman–Crippen MR) is 120 cm³/mol. The Morgan fingerprint density at radius 3 is 2.35 bits per heavy atom. The molecular formula is C25H22ClFN2O2. The van der Waals surface area contributed by atoms with Gasteiger partial charge in [-0.25, -0.2) is 4.39 Å². The minimum absolute atomic E-state index is 0.0122. The van der Waals surface area contributed by atoms with Crippen molar-refractivity contribution in [2.24, 2.45) is 0 Å². The molecule has 0 bridgehead atoms. The maximum atomic E-state index is 13.7. The maximum absolute atomic E-state index is 13.7. The molecule has 1 fully saturated rings. The molecule has 1 saturated heterocycles. The van der Waals surface area contributed by atoms with Crippen LogP contribution in [0.1, 0.15) is 18.4 Å². The molecule has 2 amide bonds. The number of hydrogen-bond donors (Lipinski definition) is 0. The first-order valence-electron chi connectivity index (χ1n) is 10.2. The van der Waals surface area contributed by atoms with Crippen LogP contribution in [-0.4, -0.2) is 29.9 Å². The average Bonchev–Trinajstić information content (AvgIpc) is 3.19. The summed E-state index contributed by atoms with van der Waals surface area (Å²) in [4.78, 5) is 28.5. The molecule has 1 aliphatic rings. The summed E-state index contributed by atoms with van der Waals surface area (Å²) >= 11 is 5.95. The van der Waals surface area contributed by atoms with Gasteiger partial charge in [0, 0.05) is 18.7 Å². The summed E-state index contributed by atoms with van der Waals surface area (Å²) in [5.41, 5.74) is 3.50. The van der Waals surface area contributed by atoms with Gasteiger partial charge in [-0.05, 0) is 41.3 Å². The number of rotatable bonds is 6. The van der Waals surface area contributed by atoms with E-state index in [1.807, 2.05) is 54.6 Å². The van der Waals surface area contributed by atoms with Crippen molar-refractivity contribution in [3.63, 3.8) is 0 Å². The van der Waals surface area contributed by atoms with Gasteiger partial charge < -0.3 is 4.90 Å². The van der Waals surface area contributed by atoms with Gasteiger partial charge in [-0.1, -0.05) is 66.2 Å². The summed E-state index contributed by atoms with van der Waals surface area (Å²) in [6.07, 6.45) is 1.41. The van der Waals surface area contributed by atoms with Crippen molar-refractivity contribution in [2.75, 3.05) is 18.1 Å². The Balaban J connectivity index is 1.55. The SMILES string of the molecule is O=C1CCCN1CN(C(=O)Cc1ccc(-c2ccccc2)cc1)c1ccc(F)c(Cl)c1.